The Labute approximate surface area is 153 Å². The van der Waals surface area contributed by atoms with Crippen molar-refractivity contribution >= 4 is 23.4 Å². The molecule has 2 heterocycles. The molecule has 0 unspecified atom stereocenters. The first-order valence-corrected chi connectivity index (χ1v) is 8.20. The van der Waals surface area contributed by atoms with Gasteiger partial charge in [0, 0.05) is 17.1 Å². The molecule has 0 bridgehead atoms. The predicted octanol–water partition coefficient (Wildman–Crippen LogP) is 2.93. The second-order valence-corrected chi connectivity index (χ2v) is 5.73. The maximum atomic E-state index is 11.9. The van der Waals surface area contributed by atoms with Crippen LogP contribution in [-0.2, 0) is 0 Å². The van der Waals surface area contributed by atoms with Crippen LogP contribution in [0.1, 0.15) is 5.69 Å². The second kappa shape index (κ2) is 7.74. The standard InChI is InChI=1S/C16H15N5O4S/c1-9-15(26-21-20-9)25-16(22)19-14-8-17-12(7-18-14)11-6-10(23-2)4-5-13(11)24-3/h4-8H,1-3H3,(H,18,19,22). The number of ether oxygens (including phenoxy) is 3. The molecule has 10 heteroatoms. The van der Waals surface area contributed by atoms with Crippen molar-refractivity contribution in [1.82, 2.24) is 19.6 Å². The number of hydrogen-bond donors (Lipinski definition) is 1. The summed E-state index contributed by atoms with van der Waals surface area (Å²) in [5.74, 6) is 1.55. The van der Waals surface area contributed by atoms with Gasteiger partial charge in [0.1, 0.15) is 17.2 Å². The van der Waals surface area contributed by atoms with Gasteiger partial charge in [0.15, 0.2) is 5.82 Å². The Morgan fingerprint density at radius 2 is 2.00 bits per heavy atom. The molecule has 0 aliphatic carbocycles. The van der Waals surface area contributed by atoms with Gasteiger partial charge in [0.05, 0.1) is 32.3 Å². The highest BCUT2D eigenvalue weighted by Gasteiger charge is 2.13. The van der Waals surface area contributed by atoms with Gasteiger partial charge in [0.2, 0.25) is 5.06 Å². The van der Waals surface area contributed by atoms with Crippen molar-refractivity contribution in [3.8, 4) is 27.8 Å². The Bertz CT molecular complexity index is 913. The van der Waals surface area contributed by atoms with E-state index in [0.29, 0.717) is 28.0 Å². The van der Waals surface area contributed by atoms with Crippen LogP contribution >= 0.6 is 11.5 Å². The van der Waals surface area contributed by atoms with Gasteiger partial charge in [-0.25, -0.2) is 9.78 Å². The summed E-state index contributed by atoms with van der Waals surface area (Å²) in [4.78, 5) is 20.4. The number of rotatable bonds is 5. The van der Waals surface area contributed by atoms with Gasteiger partial charge in [-0.1, -0.05) is 4.49 Å². The fraction of sp³-hybridized carbons (Fsp3) is 0.188. The van der Waals surface area contributed by atoms with Crippen LogP contribution in [-0.4, -0.2) is 39.9 Å². The molecule has 2 aromatic heterocycles. The van der Waals surface area contributed by atoms with Crippen molar-refractivity contribution in [1.29, 1.82) is 0 Å². The van der Waals surface area contributed by atoms with Crippen LogP contribution in [0.25, 0.3) is 11.3 Å². The summed E-state index contributed by atoms with van der Waals surface area (Å²) in [6.07, 6.45) is 2.25. The molecule has 0 saturated carbocycles. The number of nitrogens with zero attached hydrogens (tertiary/aromatic N) is 4. The zero-order chi connectivity index (χ0) is 18.5. The Morgan fingerprint density at radius 1 is 1.15 bits per heavy atom. The number of nitrogens with one attached hydrogen (secondary N) is 1. The Kier molecular flexibility index (Phi) is 5.23. The van der Waals surface area contributed by atoms with Crippen molar-refractivity contribution in [2.75, 3.05) is 19.5 Å². The van der Waals surface area contributed by atoms with Crippen LogP contribution < -0.4 is 19.5 Å². The number of benzene rings is 1. The number of aryl methyl sites for hydroxylation is 1. The molecule has 0 aliphatic heterocycles. The van der Waals surface area contributed by atoms with Crippen molar-refractivity contribution in [3.63, 3.8) is 0 Å². The molecule has 3 aromatic rings. The van der Waals surface area contributed by atoms with Crippen LogP contribution in [0.2, 0.25) is 0 Å². The number of methoxy groups -OCH3 is 2. The molecule has 0 fully saturated rings. The van der Waals surface area contributed by atoms with Gasteiger partial charge < -0.3 is 14.2 Å². The summed E-state index contributed by atoms with van der Waals surface area (Å²) in [5, 5.41) is 6.59. The summed E-state index contributed by atoms with van der Waals surface area (Å²) in [7, 11) is 3.15. The quantitative estimate of drug-likeness (QED) is 0.727. The van der Waals surface area contributed by atoms with Gasteiger partial charge in [-0.15, -0.1) is 5.10 Å². The molecule has 1 aromatic carbocycles. The van der Waals surface area contributed by atoms with Crippen LogP contribution in [0.3, 0.4) is 0 Å². The fourth-order valence-corrected chi connectivity index (χ4v) is 2.60. The third-order valence-corrected chi connectivity index (χ3v) is 4.07. The number of hydrogen-bond acceptors (Lipinski definition) is 9. The van der Waals surface area contributed by atoms with Crippen molar-refractivity contribution in [2.24, 2.45) is 0 Å². The van der Waals surface area contributed by atoms with Gasteiger partial charge in [0.25, 0.3) is 0 Å². The minimum absolute atomic E-state index is 0.246. The minimum Gasteiger partial charge on any atom is -0.497 e. The van der Waals surface area contributed by atoms with Crippen molar-refractivity contribution in [2.45, 2.75) is 6.92 Å². The van der Waals surface area contributed by atoms with Crippen LogP contribution in [0.5, 0.6) is 16.6 Å². The minimum atomic E-state index is -0.694. The average molecular weight is 373 g/mol. The Hall–Kier alpha value is -3.27. The molecule has 0 aliphatic rings. The molecule has 1 N–H and O–H groups in total. The van der Waals surface area contributed by atoms with E-state index in [2.05, 4.69) is 24.9 Å². The third-order valence-electron chi connectivity index (χ3n) is 3.36. The van der Waals surface area contributed by atoms with Gasteiger partial charge in [-0.05, 0) is 25.1 Å². The maximum Gasteiger partial charge on any atom is 0.419 e. The molecule has 0 saturated heterocycles. The summed E-state index contributed by atoms with van der Waals surface area (Å²) < 4.78 is 19.4. The summed E-state index contributed by atoms with van der Waals surface area (Å²) in [6, 6.07) is 5.37. The fourth-order valence-electron chi connectivity index (χ4n) is 2.08. The summed E-state index contributed by atoms with van der Waals surface area (Å²) in [6.45, 7) is 1.70. The Balaban J connectivity index is 1.74. The van der Waals surface area contributed by atoms with Gasteiger partial charge in [-0.3, -0.25) is 10.3 Å². The third kappa shape index (κ3) is 3.86. The van der Waals surface area contributed by atoms with Gasteiger partial charge >= 0.3 is 6.09 Å². The first-order valence-electron chi connectivity index (χ1n) is 7.43. The van der Waals surface area contributed by atoms with Crippen LogP contribution in [0, 0.1) is 6.92 Å². The maximum absolute atomic E-state index is 11.9. The van der Waals surface area contributed by atoms with E-state index in [-0.39, 0.29) is 5.82 Å². The zero-order valence-corrected chi connectivity index (χ0v) is 15.0. The lowest BCUT2D eigenvalue weighted by Gasteiger charge is -2.10. The van der Waals surface area contributed by atoms with Crippen molar-refractivity contribution in [3.05, 3.63) is 36.3 Å². The van der Waals surface area contributed by atoms with Crippen molar-refractivity contribution < 1.29 is 19.0 Å². The molecule has 9 nitrogen and oxygen atoms in total. The predicted molar refractivity (Wildman–Crippen MR) is 94.9 cm³/mol. The van der Waals surface area contributed by atoms with E-state index in [0.717, 1.165) is 17.1 Å². The molecule has 3 rings (SSSR count). The molecule has 0 spiro atoms. The number of anilines is 1. The van der Waals surface area contributed by atoms with Crippen LogP contribution in [0.4, 0.5) is 10.6 Å². The van der Waals surface area contributed by atoms with E-state index in [9.17, 15) is 4.79 Å². The molecule has 1 amide bonds. The summed E-state index contributed by atoms with van der Waals surface area (Å²) in [5.41, 5.74) is 1.83. The highest BCUT2D eigenvalue weighted by molar-refractivity contribution is 7.07. The smallest absolute Gasteiger partial charge is 0.419 e. The lowest BCUT2D eigenvalue weighted by molar-refractivity contribution is 0.216. The number of amides is 1. The second-order valence-electron chi connectivity index (χ2n) is 5.01. The van der Waals surface area contributed by atoms with E-state index in [1.165, 1.54) is 12.4 Å². The largest absolute Gasteiger partial charge is 0.497 e. The number of carbonyl (C=O) groups excluding carboxylic acids is 1. The monoisotopic (exact) mass is 373 g/mol. The number of aromatic nitrogens is 4. The molecular weight excluding hydrogens is 358 g/mol. The zero-order valence-electron chi connectivity index (χ0n) is 14.2. The highest BCUT2D eigenvalue weighted by atomic mass is 32.1. The lowest BCUT2D eigenvalue weighted by Crippen LogP contribution is -2.17. The highest BCUT2D eigenvalue weighted by Crippen LogP contribution is 2.32. The summed E-state index contributed by atoms with van der Waals surface area (Å²) >= 11 is 0.990. The lowest BCUT2D eigenvalue weighted by atomic mass is 10.1. The Morgan fingerprint density at radius 3 is 2.62 bits per heavy atom. The first-order chi connectivity index (χ1) is 12.6. The molecular formula is C16H15N5O4S. The van der Waals surface area contributed by atoms with Crippen LogP contribution in [0.15, 0.2) is 30.6 Å². The SMILES string of the molecule is COc1ccc(OC)c(-c2cnc(NC(=O)Oc3snnc3C)cn2)c1. The normalized spacial score (nSPS) is 10.3. The molecule has 0 radical (unpaired) electrons. The van der Waals surface area contributed by atoms with E-state index >= 15 is 0 Å². The van der Waals surface area contributed by atoms with E-state index in [1.807, 2.05) is 0 Å². The van der Waals surface area contributed by atoms with Gasteiger partial charge in [-0.2, -0.15) is 0 Å². The molecule has 0 atom stereocenters. The van der Waals surface area contributed by atoms with E-state index in [1.54, 1.807) is 39.3 Å². The molecule has 26 heavy (non-hydrogen) atoms. The topological polar surface area (TPSA) is 108 Å². The van der Waals surface area contributed by atoms with E-state index < -0.39 is 6.09 Å². The molecule has 134 valence electrons. The van der Waals surface area contributed by atoms with E-state index in [4.69, 9.17) is 14.2 Å². The average Bonchev–Trinajstić information content (AvgIpc) is 3.06. The number of carbonyl (C=O) groups is 1. The first kappa shape index (κ1) is 17.5.